The summed E-state index contributed by atoms with van der Waals surface area (Å²) < 4.78 is 0. The van der Waals surface area contributed by atoms with Gasteiger partial charge in [-0.15, -0.1) is 0 Å². The van der Waals surface area contributed by atoms with Gasteiger partial charge in [0.05, 0.1) is 19.2 Å². The van der Waals surface area contributed by atoms with E-state index >= 15 is 0 Å². The summed E-state index contributed by atoms with van der Waals surface area (Å²) in [6.07, 6.45) is 0. The van der Waals surface area contributed by atoms with Crippen molar-refractivity contribution < 1.29 is 9.59 Å². The van der Waals surface area contributed by atoms with E-state index in [-0.39, 0.29) is 25.5 Å². The number of carbonyl (C=O) groups excluding carboxylic acids is 2. The molecule has 0 aliphatic carbocycles. The molecule has 0 radical (unpaired) electrons. The quantitative estimate of drug-likeness (QED) is 0.403. The molecule has 0 aromatic carbocycles. The minimum atomic E-state index is -0.525. The van der Waals surface area contributed by atoms with Crippen LogP contribution in [0.2, 0.25) is 0 Å². The number of nitriles is 1. The number of hydrogen-bond acceptors (Lipinski definition) is 4. The Labute approximate surface area is 69.7 Å². The van der Waals surface area contributed by atoms with Crippen molar-refractivity contribution in [3.05, 3.63) is 0 Å². The Kier molecular flexibility index (Phi) is 5.30. The first-order valence-electron chi connectivity index (χ1n) is 3.29. The topological polar surface area (TPSA) is 108 Å². The first-order chi connectivity index (χ1) is 5.66. The molecule has 0 aromatic rings. The van der Waals surface area contributed by atoms with Crippen LogP contribution in [0, 0.1) is 11.3 Å². The van der Waals surface area contributed by atoms with E-state index in [0.29, 0.717) is 0 Å². The summed E-state index contributed by atoms with van der Waals surface area (Å²) in [5, 5.41) is 12.9. The number of carbonyl (C=O) groups is 2. The molecule has 0 heterocycles. The zero-order valence-electron chi connectivity index (χ0n) is 6.46. The van der Waals surface area contributed by atoms with Gasteiger partial charge >= 0.3 is 0 Å². The third kappa shape index (κ3) is 6.51. The van der Waals surface area contributed by atoms with Crippen LogP contribution in [-0.2, 0) is 9.59 Å². The Balaban J connectivity index is 3.33. The highest BCUT2D eigenvalue weighted by atomic mass is 16.2. The molecule has 0 rings (SSSR count). The molecule has 0 fully saturated rings. The van der Waals surface area contributed by atoms with Crippen LogP contribution in [0.1, 0.15) is 0 Å². The molecule has 0 atom stereocenters. The Morgan fingerprint density at radius 1 is 1.42 bits per heavy atom. The molecule has 4 N–H and O–H groups in total. The number of amides is 2. The summed E-state index contributed by atoms with van der Waals surface area (Å²) in [4.78, 5) is 20.9. The molecular formula is C6H10N4O2. The molecule has 2 amide bonds. The van der Waals surface area contributed by atoms with Crippen molar-refractivity contribution >= 4 is 11.8 Å². The Hall–Kier alpha value is -1.61. The van der Waals surface area contributed by atoms with E-state index in [1.54, 1.807) is 6.07 Å². The van der Waals surface area contributed by atoms with Gasteiger partial charge in [0.1, 0.15) is 6.54 Å². The van der Waals surface area contributed by atoms with Gasteiger partial charge in [-0.3, -0.25) is 14.9 Å². The molecule has 0 spiro atoms. The largest absolute Gasteiger partial charge is 0.369 e. The second-order valence-corrected chi connectivity index (χ2v) is 2.00. The molecule has 0 bridgehead atoms. The monoisotopic (exact) mass is 170 g/mol. The molecule has 6 nitrogen and oxygen atoms in total. The van der Waals surface area contributed by atoms with Crippen molar-refractivity contribution in [2.24, 2.45) is 5.73 Å². The van der Waals surface area contributed by atoms with E-state index in [2.05, 4.69) is 10.6 Å². The maximum absolute atomic E-state index is 10.7. The Morgan fingerprint density at radius 3 is 2.58 bits per heavy atom. The number of primary amides is 1. The highest BCUT2D eigenvalue weighted by Crippen LogP contribution is 1.63. The van der Waals surface area contributed by atoms with Crippen LogP contribution >= 0.6 is 0 Å². The number of nitrogens with one attached hydrogen (secondary N) is 2. The average Bonchev–Trinajstić information content (AvgIpc) is 2.00. The number of nitrogens with two attached hydrogens (primary N) is 1. The fourth-order valence-corrected chi connectivity index (χ4v) is 0.500. The van der Waals surface area contributed by atoms with Crippen LogP contribution < -0.4 is 16.4 Å². The lowest BCUT2D eigenvalue weighted by Crippen LogP contribution is -2.37. The molecular weight excluding hydrogens is 160 g/mol. The SMILES string of the molecule is N#CCNC(=O)CNCC(N)=O. The minimum Gasteiger partial charge on any atom is -0.369 e. The molecule has 0 aliphatic heterocycles. The van der Waals surface area contributed by atoms with Gasteiger partial charge in [0.25, 0.3) is 0 Å². The standard InChI is InChI=1S/C6H10N4O2/c7-1-2-10-6(12)4-9-3-5(8)11/h9H,2-4H2,(H2,8,11)(H,10,12). The fourth-order valence-electron chi connectivity index (χ4n) is 0.500. The van der Waals surface area contributed by atoms with Crippen molar-refractivity contribution in [3.8, 4) is 6.07 Å². The van der Waals surface area contributed by atoms with E-state index in [1.807, 2.05) is 0 Å². The number of rotatable bonds is 5. The van der Waals surface area contributed by atoms with Crippen LogP contribution in [0.25, 0.3) is 0 Å². The average molecular weight is 170 g/mol. The Bertz CT molecular complexity index is 208. The summed E-state index contributed by atoms with van der Waals surface area (Å²) in [5.41, 5.74) is 4.79. The third-order valence-electron chi connectivity index (χ3n) is 0.949. The van der Waals surface area contributed by atoms with Gasteiger partial charge in [0.2, 0.25) is 11.8 Å². The number of hydrogen-bond donors (Lipinski definition) is 3. The Morgan fingerprint density at radius 2 is 2.08 bits per heavy atom. The normalized spacial score (nSPS) is 8.58. The van der Waals surface area contributed by atoms with Crippen molar-refractivity contribution in [1.29, 1.82) is 5.26 Å². The van der Waals surface area contributed by atoms with E-state index in [1.165, 1.54) is 0 Å². The molecule has 0 aliphatic rings. The zero-order chi connectivity index (χ0) is 9.40. The fraction of sp³-hybridized carbons (Fsp3) is 0.500. The van der Waals surface area contributed by atoms with Crippen molar-refractivity contribution in [1.82, 2.24) is 10.6 Å². The van der Waals surface area contributed by atoms with Crippen LogP contribution in [-0.4, -0.2) is 31.4 Å². The highest BCUT2D eigenvalue weighted by molar-refractivity contribution is 5.80. The molecule has 6 heteroatoms. The summed E-state index contributed by atoms with van der Waals surface area (Å²) in [6, 6.07) is 1.75. The van der Waals surface area contributed by atoms with Gasteiger partial charge in [0, 0.05) is 0 Å². The maximum atomic E-state index is 10.7. The predicted molar refractivity (Wildman–Crippen MR) is 40.7 cm³/mol. The lowest BCUT2D eigenvalue weighted by molar-refractivity contribution is -0.120. The first-order valence-corrected chi connectivity index (χ1v) is 3.29. The van der Waals surface area contributed by atoms with E-state index in [0.717, 1.165) is 0 Å². The smallest absolute Gasteiger partial charge is 0.234 e. The van der Waals surface area contributed by atoms with Crippen molar-refractivity contribution in [2.75, 3.05) is 19.6 Å². The van der Waals surface area contributed by atoms with Gasteiger partial charge in [-0.25, -0.2) is 0 Å². The van der Waals surface area contributed by atoms with Gasteiger partial charge < -0.3 is 11.1 Å². The summed E-state index contributed by atoms with van der Waals surface area (Å²) in [6.45, 7) is -0.0817. The van der Waals surface area contributed by atoms with E-state index in [4.69, 9.17) is 11.0 Å². The maximum Gasteiger partial charge on any atom is 0.234 e. The summed E-state index contributed by atoms with van der Waals surface area (Å²) >= 11 is 0. The van der Waals surface area contributed by atoms with Gasteiger partial charge in [-0.05, 0) is 0 Å². The molecule has 0 unspecified atom stereocenters. The first kappa shape index (κ1) is 10.4. The van der Waals surface area contributed by atoms with Crippen LogP contribution in [0.4, 0.5) is 0 Å². The van der Waals surface area contributed by atoms with E-state index < -0.39 is 5.91 Å². The van der Waals surface area contributed by atoms with E-state index in [9.17, 15) is 9.59 Å². The molecule has 0 saturated heterocycles. The summed E-state index contributed by atoms with van der Waals surface area (Å²) in [5.74, 6) is -0.860. The van der Waals surface area contributed by atoms with Crippen molar-refractivity contribution in [3.63, 3.8) is 0 Å². The third-order valence-corrected chi connectivity index (χ3v) is 0.949. The predicted octanol–water partition coefficient (Wildman–Crippen LogP) is -2.30. The molecule has 0 aromatic heterocycles. The lowest BCUT2D eigenvalue weighted by Gasteiger charge is -2.00. The molecule has 12 heavy (non-hydrogen) atoms. The van der Waals surface area contributed by atoms with Crippen LogP contribution in [0.3, 0.4) is 0 Å². The highest BCUT2D eigenvalue weighted by Gasteiger charge is 1.99. The minimum absolute atomic E-state index is 0.00931. The second-order valence-electron chi connectivity index (χ2n) is 2.00. The van der Waals surface area contributed by atoms with Gasteiger partial charge in [0.15, 0.2) is 0 Å². The molecule has 66 valence electrons. The molecule has 0 saturated carbocycles. The van der Waals surface area contributed by atoms with Crippen LogP contribution in [0.15, 0.2) is 0 Å². The second kappa shape index (κ2) is 6.12. The van der Waals surface area contributed by atoms with Gasteiger partial charge in [-0.1, -0.05) is 0 Å². The number of nitrogens with zero attached hydrogens (tertiary/aromatic N) is 1. The van der Waals surface area contributed by atoms with Crippen molar-refractivity contribution in [2.45, 2.75) is 0 Å². The lowest BCUT2D eigenvalue weighted by atomic mass is 10.5. The zero-order valence-corrected chi connectivity index (χ0v) is 6.46. The van der Waals surface area contributed by atoms with Crippen LogP contribution in [0.5, 0.6) is 0 Å². The summed E-state index contributed by atoms with van der Waals surface area (Å²) in [7, 11) is 0. The van der Waals surface area contributed by atoms with Gasteiger partial charge in [-0.2, -0.15) is 5.26 Å².